The van der Waals surface area contributed by atoms with Crippen LogP contribution in [0.3, 0.4) is 0 Å². The molecule has 0 saturated carbocycles. The number of aliphatic hydroxyl groups is 1. The first-order valence-corrected chi connectivity index (χ1v) is 8.71. The van der Waals surface area contributed by atoms with Crippen LogP contribution in [0.2, 0.25) is 5.02 Å². The van der Waals surface area contributed by atoms with Gasteiger partial charge in [-0.25, -0.2) is 4.98 Å². The quantitative estimate of drug-likeness (QED) is 0.746. The maximum absolute atomic E-state index is 12.1. The van der Waals surface area contributed by atoms with Crippen LogP contribution >= 0.6 is 11.6 Å². The maximum atomic E-state index is 12.1. The zero-order valence-electron chi connectivity index (χ0n) is 14.4. The van der Waals surface area contributed by atoms with Crippen LogP contribution in [0.5, 0.6) is 0 Å². The minimum Gasteiger partial charge on any atom is -0.481 e. The van der Waals surface area contributed by atoms with Gasteiger partial charge in [0, 0.05) is 13.1 Å². The molecule has 2 aromatic rings. The van der Waals surface area contributed by atoms with Crippen LogP contribution in [-0.2, 0) is 11.2 Å². The predicted molar refractivity (Wildman–Crippen MR) is 99.2 cm³/mol. The zero-order valence-corrected chi connectivity index (χ0v) is 15.1. The number of aryl methyl sites for hydroxylation is 1. The number of anilines is 2. The van der Waals surface area contributed by atoms with Crippen LogP contribution in [0, 0.1) is 12.3 Å². The van der Waals surface area contributed by atoms with Gasteiger partial charge in [0.1, 0.15) is 10.4 Å². The molecular weight excluding hydrogens is 356 g/mol. The molecule has 138 valence electrons. The van der Waals surface area contributed by atoms with Gasteiger partial charge < -0.3 is 20.8 Å². The molecule has 0 amide bonds. The van der Waals surface area contributed by atoms with Gasteiger partial charge in [0.05, 0.1) is 11.8 Å². The number of aromatic nitrogens is 2. The van der Waals surface area contributed by atoms with Crippen LogP contribution in [0.1, 0.15) is 17.7 Å². The number of hydrogen-bond donors (Lipinski definition) is 3. The summed E-state index contributed by atoms with van der Waals surface area (Å²) in [5.74, 6) is -0.483. The van der Waals surface area contributed by atoms with Crippen molar-refractivity contribution in [1.29, 1.82) is 0 Å². The number of carboxylic acid groups (broad SMARTS) is 1. The van der Waals surface area contributed by atoms with E-state index in [1.165, 1.54) is 0 Å². The lowest BCUT2D eigenvalue weighted by Crippen LogP contribution is -2.56. The summed E-state index contributed by atoms with van der Waals surface area (Å²) in [4.78, 5) is 22.0. The first kappa shape index (κ1) is 18.4. The molecule has 2 atom stereocenters. The normalized spacial score (nSPS) is 23.0. The Morgan fingerprint density at radius 1 is 1.38 bits per heavy atom. The minimum atomic E-state index is -1.25. The lowest BCUT2D eigenvalue weighted by Gasteiger charge is -2.43. The number of aliphatic carboxylic acids is 1. The molecule has 0 spiro atoms. The number of nitrogens with zero attached hydrogens (tertiary/aromatic N) is 3. The van der Waals surface area contributed by atoms with E-state index in [2.05, 4.69) is 9.97 Å². The number of aliphatic hydroxyl groups excluding tert-OH is 1. The first-order valence-electron chi connectivity index (χ1n) is 8.33. The molecule has 26 heavy (non-hydrogen) atoms. The lowest BCUT2D eigenvalue weighted by atomic mass is 9.71. The second kappa shape index (κ2) is 7.09. The molecule has 1 fully saturated rings. The summed E-state index contributed by atoms with van der Waals surface area (Å²) in [6.45, 7) is 2.22. The van der Waals surface area contributed by atoms with Gasteiger partial charge in [-0.15, -0.1) is 0 Å². The highest BCUT2D eigenvalue weighted by Gasteiger charge is 2.49. The highest BCUT2D eigenvalue weighted by atomic mass is 35.5. The van der Waals surface area contributed by atoms with Crippen molar-refractivity contribution in [1.82, 2.24) is 9.97 Å². The van der Waals surface area contributed by atoms with E-state index in [4.69, 9.17) is 17.3 Å². The van der Waals surface area contributed by atoms with Gasteiger partial charge in [-0.3, -0.25) is 4.79 Å². The Balaban J connectivity index is 1.87. The fourth-order valence-corrected chi connectivity index (χ4v) is 3.64. The Hall–Kier alpha value is -2.38. The van der Waals surface area contributed by atoms with Crippen LogP contribution in [-0.4, -0.2) is 45.3 Å². The van der Waals surface area contributed by atoms with Crippen LogP contribution in [0.25, 0.3) is 0 Å². The number of piperidine rings is 1. The summed E-state index contributed by atoms with van der Waals surface area (Å²) in [5, 5.41) is 21.0. The van der Waals surface area contributed by atoms with Crippen LogP contribution < -0.4 is 10.6 Å². The van der Waals surface area contributed by atoms with Crippen molar-refractivity contribution in [2.75, 3.05) is 23.7 Å². The Bertz CT molecular complexity index is 818. The molecule has 0 unspecified atom stereocenters. The first-order chi connectivity index (χ1) is 12.3. The van der Waals surface area contributed by atoms with E-state index in [0.717, 1.165) is 5.56 Å². The fraction of sp³-hybridized carbons (Fsp3) is 0.389. The smallest absolute Gasteiger partial charge is 0.312 e. The van der Waals surface area contributed by atoms with E-state index in [0.29, 0.717) is 23.1 Å². The number of β-amino-alcohol motifs (C(OH)–C–C–N with tert-alkyl or cyclic N) is 1. The third-order valence-electron chi connectivity index (χ3n) is 4.96. The molecule has 7 nitrogen and oxygen atoms in total. The van der Waals surface area contributed by atoms with E-state index in [1.807, 2.05) is 30.3 Å². The van der Waals surface area contributed by atoms with Gasteiger partial charge in [-0.2, -0.15) is 4.98 Å². The molecule has 1 aromatic carbocycles. The number of carboxylic acids is 1. The van der Waals surface area contributed by atoms with Gasteiger partial charge in [-0.1, -0.05) is 41.9 Å². The monoisotopic (exact) mass is 376 g/mol. The number of hydrogen-bond acceptors (Lipinski definition) is 6. The number of halogens is 1. The molecule has 1 aromatic heterocycles. The Morgan fingerprint density at radius 3 is 2.69 bits per heavy atom. The second-order valence-electron chi connectivity index (χ2n) is 6.64. The summed E-state index contributed by atoms with van der Waals surface area (Å²) in [6.07, 6.45) is -0.560. The molecule has 4 N–H and O–H groups in total. The van der Waals surface area contributed by atoms with Crippen molar-refractivity contribution >= 4 is 29.3 Å². The van der Waals surface area contributed by atoms with Crippen molar-refractivity contribution in [3.63, 3.8) is 0 Å². The maximum Gasteiger partial charge on any atom is 0.312 e. The Morgan fingerprint density at radius 2 is 2.08 bits per heavy atom. The van der Waals surface area contributed by atoms with Crippen molar-refractivity contribution in [3.05, 3.63) is 46.6 Å². The molecule has 0 radical (unpaired) electrons. The minimum absolute atomic E-state index is 0.0933. The second-order valence-corrected chi connectivity index (χ2v) is 7.02. The topological polar surface area (TPSA) is 113 Å². The van der Waals surface area contributed by atoms with Gasteiger partial charge in [-0.05, 0) is 25.3 Å². The summed E-state index contributed by atoms with van der Waals surface area (Å²) >= 11 is 6.29. The van der Waals surface area contributed by atoms with E-state index in [9.17, 15) is 15.0 Å². The molecule has 8 heteroatoms. The third-order valence-corrected chi connectivity index (χ3v) is 5.41. The van der Waals surface area contributed by atoms with Crippen molar-refractivity contribution in [2.24, 2.45) is 5.41 Å². The largest absolute Gasteiger partial charge is 0.481 e. The van der Waals surface area contributed by atoms with E-state index >= 15 is 0 Å². The van der Waals surface area contributed by atoms with Gasteiger partial charge in [0.2, 0.25) is 5.95 Å². The summed E-state index contributed by atoms with van der Waals surface area (Å²) in [5.41, 5.74) is 5.88. The molecule has 1 aliphatic heterocycles. The summed E-state index contributed by atoms with van der Waals surface area (Å²) < 4.78 is 0. The molecule has 1 aliphatic rings. The Kier molecular flexibility index (Phi) is 5.02. The lowest BCUT2D eigenvalue weighted by molar-refractivity contribution is -0.158. The van der Waals surface area contributed by atoms with Crippen LogP contribution in [0.4, 0.5) is 11.8 Å². The van der Waals surface area contributed by atoms with E-state index < -0.39 is 17.5 Å². The number of carbonyl (C=O) groups is 1. The molecular formula is C18H21ClN4O3. The molecule has 3 rings (SSSR count). The van der Waals surface area contributed by atoms with Crippen LogP contribution in [0.15, 0.2) is 30.3 Å². The fourth-order valence-electron chi connectivity index (χ4n) is 3.43. The number of rotatable bonds is 4. The SMILES string of the molecule is Cc1nc(N)nc(N2CC[C@](Cc3ccccc3)(C(=O)O)[C@@H](O)C2)c1Cl. The van der Waals surface area contributed by atoms with Crippen molar-refractivity contribution < 1.29 is 15.0 Å². The Labute approximate surface area is 156 Å². The number of benzene rings is 1. The third kappa shape index (κ3) is 3.32. The highest BCUT2D eigenvalue weighted by Crippen LogP contribution is 2.38. The van der Waals surface area contributed by atoms with Gasteiger partial charge in [0.25, 0.3) is 0 Å². The van der Waals surface area contributed by atoms with Gasteiger partial charge >= 0.3 is 5.97 Å². The molecule has 0 bridgehead atoms. The molecule has 1 saturated heterocycles. The van der Waals surface area contributed by atoms with Gasteiger partial charge in [0.15, 0.2) is 5.82 Å². The average molecular weight is 377 g/mol. The zero-order chi connectivity index (χ0) is 18.9. The summed E-state index contributed by atoms with van der Waals surface area (Å²) in [6, 6.07) is 9.33. The standard InChI is InChI=1S/C18H21ClN4O3/c1-11-14(19)15(22-17(20)21-11)23-8-7-18(16(25)26,13(24)10-23)9-12-5-3-2-4-6-12/h2-6,13,24H,7-10H2,1H3,(H,25,26)(H2,20,21,22)/t13-,18+/m0/s1. The highest BCUT2D eigenvalue weighted by molar-refractivity contribution is 6.33. The van der Waals surface area contributed by atoms with E-state index in [-0.39, 0.29) is 25.3 Å². The molecule has 0 aliphatic carbocycles. The van der Waals surface area contributed by atoms with Crippen molar-refractivity contribution in [3.8, 4) is 0 Å². The van der Waals surface area contributed by atoms with Crippen molar-refractivity contribution in [2.45, 2.75) is 25.9 Å². The number of nitrogens with two attached hydrogens (primary N) is 1. The predicted octanol–water partition coefficient (Wildman–Crippen LogP) is 1.91. The summed E-state index contributed by atoms with van der Waals surface area (Å²) in [7, 11) is 0. The number of nitrogen functional groups attached to an aromatic ring is 1. The van der Waals surface area contributed by atoms with E-state index in [1.54, 1.807) is 11.8 Å². The average Bonchev–Trinajstić information content (AvgIpc) is 2.60. The molecule has 2 heterocycles.